The zero-order chi connectivity index (χ0) is 26.8. The van der Waals surface area contributed by atoms with Crippen molar-refractivity contribution in [2.75, 3.05) is 0 Å². The van der Waals surface area contributed by atoms with Crippen LogP contribution >= 0.6 is 0 Å². The van der Waals surface area contributed by atoms with Crippen LogP contribution in [0.25, 0.3) is 22.2 Å². The number of rotatable bonds is 8. The Kier molecular flexibility index (Phi) is 6.88. The molecular formula is C32H31N3O4. The fourth-order valence-electron chi connectivity index (χ4n) is 5.79. The van der Waals surface area contributed by atoms with Crippen LogP contribution in [0.15, 0.2) is 77.3 Å². The van der Waals surface area contributed by atoms with Crippen LogP contribution in [-0.4, -0.2) is 25.8 Å². The highest BCUT2D eigenvalue weighted by Crippen LogP contribution is 2.44. The van der Waals surface area contributed by atoms with Crippen molar-refractivity contribution < 1.29 is 19.2 Å². The predicted octanol–water partition coefficient (Wildman–Crippen LogP) is 7.37. The second-order valence-electron chi connectivity index (χ2n) is 10.2. The standard InChI is InChI=1S/C32H31N3O4/c1-21-33-29(34-39-21)19-35-28-18-25(32(36)37)14-17-27(28)30(23-10-6-3-7-11-23)31(35)24-12-15-26(16-13-24)38-20-22-8-4-2-5-9-22/h2,4-5,8-9,12-18,23H,3,6-7,10-11,19-20H2,1H3,(H,36,37). The van der Waals surface area contributed by atoms with Crippen molar-refractivity contribution in [2.24, 2.45) is 0 Å². The third-order valence-corrected chi connectivity index (χ3v) is 7.61. The van der Waals surface area contributed by atoms with Crippen molar-refractivity contribution in [1.82, 2.24) is 14.7 Å². The molecule has 7 heteroatoms. The molecule has 1 aliphatic carbocycles. The minimum atomic E-state index is -0.944. The minimum absolute atomic E-state index is 0.261. The van der Waals surface area contributed by atoms with E-state index in [4.69, 9.17) is 9.26 Å². The van der Waals surface area contributed by atoms with Crippen molar-refractivity contribution in [3.05, 3.63) is 101 Å². The molecule has 2 heterocycles. The molecule has 0 radical (unpaired) electrons. The average Bonchev–Trinajstić information content (AvgIpc) is 3.53. The normalized spacial score (nSPS) is 14.1. The van der Waals surface area contributed by atoms with Gasteiger partial charge in [-0.3, -0.25) is 0 Å². The smallest absolute Gasteiger partial charge is 0.335 e. The average molecular weight is 522 g/mol. The number of fused-ring (bicyclic) bond motifs is 1. The van der Waals surface area contributed by atoms with Gasteiger partial charge < -0.3 is 18.9 Å². The number of ether oxygens (including phenoxy) is 1. The van der Waals surface area contributed by atoms with Crippen LogP contribution < -0.4 is 4.74 Å². The van der Waals surface area contributed by atoms with E-state index >= 15 is 0 Å². The molecule has 198 valence electrons. The zero-order valence-corrected chi connectivity index (χ0v) is 22.0. The molecule has 1 aliphatic rings. The number of hydrogen-bond acceptors (Lipinski definition) is 5. The molecule has 39 heavy (non-hydrogen) atoms. The summed E-state index contributed by atoms with van der Waals surface area (Å²) in [5.41, 5.74) is 5.66. The van der Waals surface area contributed by atoms with Crippen LogP contribution in [0.3, 0.4) is 0 Å². The quantitative estimate of drug-likeness (QED) is 0.229. The Balaban J connectivity index is 1.47. The Morgan fingerprint density at radius 1 is 1.03 bits per heavy atom. The summed E-state index contributed by atoms with van der Waals surface area (Å²) in [6, 6.07) is 23.8. The molecular weight excluding hydrogens is 490 g/mol. The van der Waals surface area contributed by atoms with Gasteiger partial charge in [-0.2, -0.15) is 4.98 Å². The molecule has 0 unspecified atom stereocenters. The van der Waals surface area contributed by atoms with E-state index in [2.05, 4.69) is 26.8 Å². The minimum Gasteiger partial charge on any atom is -0.489 e. The number of carbonyl (C=O) groups is 1. The lowest BCUT2D eigenvalue weighted by atomic mass is 9.82. The van der Waals surface area contributed by atoms with E-state index in [1.807, 2.05) is 48.5 Å². The molecule has 0 aliphatic heterocycles. The van der Waals surface area contributed by atoms with E-state index in [0.717, 1.165) is 46.3 Å². The van der Waals surface area contributed by atoms with Crippen molar-refractivity contribution in [2.45, 2.75) is 58.1 Å². The van der Waals surface area contributed by atoms with Gasteiger partial charge in [-0.25, -0.2) is 4.79 Å². The second kappa shape index (κ2) is 10.8. The highest BCUT2D eigenvalue weighted by molar-refractivity contribution is 5.98. The second-order valence-corrected chi connectivity index (χ2v) is 10.2. The van der Waals surface area contributed by atoms with E-state index in [9.17, 15) is 9.90 Å². The molecule has 2 aromatic heterocycles. The lowest BCUT2D eigenvalue weighted by Gasteiger charge is -2.23. The van der Waals surface area contributed by atoms with Gasteiger partial charge in [-0.05, 0) is 71.8 Å². The highest BCUT2D eigenvalue weighted by Gasteiger charge is 2.27. The first-order chi connectivity index (χ1) is 19.1. The molecule has 3 aromatic carbocycles. The lowest BCUT2D eigenvalue weighted by Crippen LogP contribution is -2.08. The Morgan fingerprint density at radius 2 is 1.79 bits per heavy atom. The van der Waals surface area contributed by atoms with Gasteiger partial charge in [0.25, 0.3) is 0 Å². The molecule has 0 bridgehead atoms. The SMILES string of the molecule is Cc1nc(Cn2c(-c3ccc(OCc4ccccc4)cc3)c(C3CCCCC3)c3ccc(C(=O)O)cc32)no1. The maximum absolute atomic E-state index is 11.9. The van der Waals surface area contributed by atoms with Gasteiger partial charge in [0.15, 0.2) is 5.82 Å². The van der Waals surface area contributed by atoms with E-state index in [1.54, 1.807) is 19.1 Å². The van der Waals surface area contributed by atoms with Gasteiger partial charge in [-0.1, -0.05) is 60.8 Å². The molecule has 0 spiro atoms. The fourth-order valence-corrected chi connectivity index (χ4v) is 5.79. The van der Waals surface area contributed by atoms with Gasteiger partial charge in [-0.15, -0.1) is 0 Å². The van der Waals surface area contributed by atoms with E-state index in [-0.39, 0.29) is 5.56 Å². The topological polar surface area (TPSA) is 90.4 Å². The third kappa shape index (κ3) is 5.17. The number of carboxylic acids is 1. The summed E-state index contributed by atoms with van der Waals surface area (Å²) < 4.78 is 13.5. The largest absolute Gasteiger partial charge is 0.489 e. The lowest BCUT2D eigenvalue weighted by molar-refractivity contribution is 0.0697. The molecule has 0 amide bonds. The number of aromatic nitrogens is 3. The highest BCUT2D eigenvalue weighted by atomic mass is 16.5. The number of aromatic carboxylic acids is 1. The Morgan fingerprint density at radius 3 is 2.49 bits per heavy atom. The Hall–Kier alpha value is -4.39. The van der Waals surface area contributed by atoms with Crippen LogP contribution in [0.5, 0.6) is 5.75 Å². The zero-order valence-electron chi connectivity index (χ0n) is 22.0. The first kappa shape index (κ1) is 24.9. The Bertz CT molecular complexity index is 1600. The maximum atomic E-state index is 11.9. The van der Waals surface area contributed by atoms with E-state index in [1.165, 1.54) is 24.8 Å². The summed E-state index contributed by atoms with van der Waals surface area (Å²) in [6.45, 7) is 2.66. The van der Waals surface area contributed by atoms with E-state index < -0.39 is 5.97 Å². The van der Waals surface area contributed by atoms with Gasteiger partial charge in [0, 0.05) is 12.3 Å². The fraction of sp³-hybridized carbons (Fsp3) is 0.281. The van der Waals surface area contributed by atoms with E-state index in [0.29, 0.717) is 30.8 Å². The molecule has 1 N–H and O–H groups in total. The molecule has 1 fully saturated rings. The summed E-state index contributed by atoms with van der Waals surface area (Å²) in [6.07, 6.45) is 5.88. The summed E-state index contributed by atoms with van der Waals surface area (Å²) in [5, 5.41) is 15.0. The summed E-state index contributed by atoms with van der Waals surface area (Å²) >= 11 is 0. The van der Waals surface area contributed by atoms with Crippen LogP contribution in [-0.2, 0) is 13.2 Å². The van der Waals surface area contributed by atoms with Gasteiger partial charge in [0.2, 0.25) is 5.89 Å². The van der Waals surface area contributed by atoms with Crippen LogP contribution in [0.1, 0.15) is 71.2 Å². The molecule has 7 nitrogen and oxygen atoms in total. The van der Waals surface area contributed by atoms with Crippen molar-refractivity contribution >= 4 is 16.9 Å². The maximum Gasteiger partial charge on any atom is 0.335 e. The number of hydrogen-bond donors (Lipinski definition) is 1. The first-order valence-corrected chi connectivity index (χ1v) is 13.5. The van der Waals surface area contributed by atoms with Crippen LogP contribution in [0, 0.1) is 6.92 Å². The number of benzene rings is 3. The van der Waals surface area contributed by atoms with Crippen molar-refractivity contribution in [3.8, 4) is 17.0 Å². The monoisotopic (exact) mass is 521 g/mol. The predicted molar refractivity (Wildman–Crippen MR) is 149 cm³/mol. The number of nitrogens with zero attached hydrogens (tertiary/aromatic N) is 3. The van der Waals surface area contributed by atoms with Gasteiger partial charge in [0.05, 0.1) is 23.3 Å². The molecule has 0 saturated heterocycles. The molecule has 6 rings (SSSR count). The molecule has 5 aromatic rings. The van der Waals surface area contributed by atoms with Gasteiger partial charge in [0.1, 0.15) is 12.4 Å². The first-order valence-electron chi connectivity index (χ1n) is 13.5. The number of carboxylic acid groups (broad SMARTS) is 1. The van der Waals surface area contributed by atoms with Crippen LogP contribution in [0.4, 0.5) is 0 Å². The Labute approximate surface area is 227 Å². The van der Waals surface area contributed by atoms with Gasteiger partial charge >= 0.3 is 5.97 Å². The molecule has 0 atom stereocenters. The van der Waals surface area contributed by atoms with Crippen LogP contribution in [0.2, 0.25) is 0 Å². The summed E-state index contributed by atoms with van der Waals surface area (Å²) in [7, 11) is 0. The summed E-state index contributed by atoms with van der Waals surface area (Å²) in [5.74, 6) is 1.31. The van der Waals surface area contributed by atoms with Crippen molar-refractivity contribution in [1.29, 1.82) is 0 Å². The third-order valence-electron chi connectivity index (χ3n) is 7.61. The van der Waals surface area contributed by atoms with Crippen molar-refractivity contribution in [3.63, 3.8) is 0 Å². The molecule has 1 saturated carbocycles. The number of aryl methyl sites for hydroxylation is 1. The summed E-state index contributed by atoms with van der Waals surface area (Å²) in [4.78, 5) is 16.4.